The van der Waals surface area contributed by atoms with E-state index in [0.29, 0.717) is 24.7 Å². The summed E-state index contributed by atoms with van der Waals surface area (Å²) in [5.41, 5.74) is 3.09. The maximum atomic E-state index is 13.6. The third-order valence-corrected chi connectivity index (χ3v) is 5.96. The highest BCUT2D eigenvalue weighted by Gasteiger charge is 2.49. The maximum absolute atomic E-state index is 13.6. The fourth-order valence-corrected chi connectivity index (χ4v) is 4.39. The molecule has 2 aliphatic heterocycles. The van der Waals surface area contributed by atoms with Crippen molar-refractivity contribution in [1.82, 2.24) is 14.7 Å². The first-order valence-electron chi connectivity index (χ1n) is 10.3. The van der Waals surface area contributed by atoms with Gasteiger partial charge in [-0.25, -0.2) is 4.39 Å². The summed E-state index contributed by atoms with van der Waals surface area (Å²) in [5, 5.41) is 4.53. The van der Waals surface area contributed by atoms with Crippen LogP contribution in [-0.4, -0.2) is 46.6 Å². The van der Waals surface area contributed by atoms with Crippen LogP contribution in [0.15, 0.2) is 30.5 Å². The van der Waals surface area contributed by atoms with Crippen molar-refractivity contribution in [3.63, 3.8) is 0 Å². The van der Waals surface area contributed by atoms with Crippen LogP contribution in [0.5, 0.6) is 0 Å². The minimum atomic E-state index is -0.195. The average Bonchev–Trinajstić information content (AvgIpc) is 3.24. The molecule has 0 radical (unpaired) electrons. The molecule has 0 N–H and O–H groups in total. The molecule has 1 aromatic carbocycles. The van der Waals surface area contributed by atoms with Gasteiger partial charge < -0.3 is 9.47 Å². The van der Waals surface area contributed by atoms with Crippen molar-refractivity contribution in [1.29, 1.82) is 0 Å². The van der Waals surface area contributed by atoms with Crippen LogP contribution in [0, 0.1) is 18.7 Å². The minimum Gasteiger partial charge on any atom is -0.377 e. The zero-order valence-corrected chi connectivity index (χ0v) is 16.9. The molecule has 0 aliphatic carbocycles. The monoisotopic (exact) mass is 387 g/mol. The predicted molar refractivity (Wildman–Crippen MR) is 105 cm³/mol. The Bertz CT molecular complexity index is 801. The first kappa shape index (κ1) is 19.6. The Hall–Kier alpha value is -1.76. The normalized spacial score (nSPS) is 21.3. The number of likely N-dealkylation sites (tertiary alicyclic amines) is 1. The van der Waals surface area contributed by atoms with Crippen molar-refractivity contribution in [3.8, 4) is 0 Å². The van der Waals surface area contributed by atoms with Crippen molar-refractivity contribution in [2.45, 2.75) is 52.0 Å². The summed E-state index contributed by atoms with van der Waals surface area (Å²) in [6, 6.07) is 6.79. The zero-order valence-electron chi connectivity index (χ0n) is 16.9. The van der Waals surface area contributed by atoms with Gasteiger partial charge in [-0.05, 0) is 38.7 Å². The van der Waals surface area contributed by atoms with E-state index in [4.69, 9.17) is 9.47 Å². The van der Waals surface area contributed by atoms with Gasteiger partial charge in [-0.3, -0.25) is 9.58 Å². The Morgan fingerprint density at radius 3 is 2.86 bits per heavy atom. The number of benzene rings is 1. The van der Waals surface area contributed by atoms with Crippen molar-refractivity contribution >= 4 is 0 Å². The van der Waals surface area contributed by atoms with E-state index >= 15 is 0 Å². The summed E-state index contributed by atoms with van der Waals surface area (Å²) < 4.78 is 27.5. The minimum absolute atomic E-state index is 0.0326. The van der Waals surface area contributed by atoms with E-state index in [9.17, 15) is 4.39 Å². The summed E-state index contributed by atoms with van der Waals surface area (Å²) in [6.45, 7) is 9.85. The van der Waals surface area contributed by atoms with Crippen LogP contribution in [-0.2, 0) is 29.2 Å². The lowest BCUT2D eigenvalue weighted by molar-refractivity contribution is -0.114. The van der Waals surface area contributed by atoms with Gasteiger partial charge in [0, 0.05) is 50.1 Å². The second kappa shape index (κ2) is 8.31. The molecule has 3 heterocycles. The average molecular weight is 387 g/mol. The molecule has 1 aromatic heterocycles. The SMILES string of the molecule is CCn1cc(CN2CC3(CC(CCOCc4ccccc4F)CO3)C2)c(C)n1. The largest absolute Gasteiger partial charge is 0.377 e. The van der Waals surface area contributed by atoms with Crippen LogP contribution in [0.4, 0.5) is 4.39 Å². The summed E-state index contributed by atoms with van der Waals surface area (Å²) in [5.74, 6) is 0.340. The highest BCUT2D eigenvalue weighted by molar-refractivity contribution is 5.17. The molecular weight excluding hydrogens is 357 g/mol. The number of rotatable bonds is 8. The number of nitrogens with zero attached hydrogens (tertiary/aromatic N) is 3. The van der Waals surface area contributed by atoms with Gasteiger partial charge >= 0.3 is 0 Å². The number of hydrogen-bond acceptors (Lipinski definition) is 4. The van der Waals surface area contributed by atoms with Gasteiger partial charge in [0.2, 0.25) is 0 Å². The summed E-state index contributed by atoms with van der Waals surface area (Å²) >= 11 is 0. The topological polar surface area (TPSA) is 39.5 Å². The molecule has 2 aromatic rings. The van der Waals surface area contributed by atoms with Crippen LogP contribution in [0.1, 0.15) is 36.6 Å². The van der Waals surface area contributed by atoms with E-state index in [1.165, 1.54) is 11.6 Å². The van der Waals surface area contributed by atoms with Crippen molar-refractivity contribution in [2.24, 2.45) is 5.92 Å². The molecule has 28 heavy (non-hydrogen) atoms. The fraction of sp³-hybridized carbons (Fsp3) is 0.591. The van der Waals surface area contributed by atoms with E-state index < -0.39 is 0 Å². The molecule has 2 fully saturated rings. The second-order valence-corrected chi connectivity index (χ2v) is 8.24. The molecule has 0 bridgehead atoms. The molecule has 1 atom stereocenters. The highest BCUT2D eigenvalue weighted by Crippen LogP contribution is 2.39. The van der Waals surface area contributed by atoms with Gasteiger partial charge in [-0.15, -0.1) is 0 Å². The maximum Gasteiger partial charge on any atom is 0.128 e. The van der Waals surface area contributed by atoms with E-state index in [1.54, 1.807) is 12.1 Å². The summed E-state index contributed by atoms with van der Waals surface area (Å²) in [6.07, 6.45) is 4.23. The Balaban J connectivity index is 1.17. The van der Waals surface area contributed by atoms with Crippen molar-refractivity contribution in [3.05, 3.63) is 53.1 Å². The van der Waals surface area contributed by atoms with Gasteiger partial charge in [0.25, 0.3) is 0 Å². The third kappa shape index (κ3) is 4.29. The molecule has 5 nitrogen and oxygen atoms in total. The molecule has 6 heteroatoms. The third-order valence-electron chi connectivity index (χ3n) is 5.96. The van der Waals surface area contributed by atoms with Crippen LogP contribution in [0.3, 0.4) is 0 Å². The quantitative estimate of drug-likeness (QED) is 0.650. The van der Waals surface area contributed by atoms with Crippen LogP contribution in [0.25, 0.3) is 0 Å². The van der Waals surface area contributed by atoms with Crippen molar-refractivity contribution in [2.75, 3.05) is 26.3 Å². The molecule has 1 unspecified atom stereocenters. The Kier molecular flexibility index (Phi) is 5.80. The lowest BCUT2D eigenvalue weighted by atomic mass is 9.86. The Morgan fingerprint density at radius 1 is 1.29 bits per heavy atom. The van der Waals surface area contributed by atoms with Gasteiger partial charge in [0.15, 0.2) is 0 Å². The molecule has 1 spiro atoms. The molecule has 0 amide bonds. The Labute approximate surface area is 166 Å². The van der Waals surface area contributed by atoms with Crippen molar-refractivity contribution < 1.29 is 13.9 Å². The molecule has 2 aliphatic rings. The predicted octanol–water partition coefficient (Wildman–Crippen LogP) is 3.55. The molecule has 0 saturated carbocycles. The van der Waals surface area contributed by atoms with E-state index in [1.807, 2.05) is 10.7 Å². The van der Waals surface area contributed by atoms with Gasteiger partial charge in [0.05, 0.1) is 24.5 Å². The summed E-state index contributed by atoms with van der Waals surface area (Å²) in [4.78, 5) is 2.45. The molecular formula is C22H30FN3O2. The number of ether oxygens (including phenoxy) is 2. The van der Waals surface area contributed by atoms with E-state index in [-0.39, 0.29) is 11.4 Å². The number of aryl methyl sites for hydroxylation is 2. The number of aromatic nitrogens is 2. The van der Waals surface area contributed by atoms with Gasteiger partial charge in [-0.2, -0.15) is 5.10 Å². The van der Waals surface area contributed by atoms with Gasteiger partial charge in [0.1, 0.15) is 5.82 Å². The fourth-order valence-electron chi connectivity index (χ4n) is 4.39. The van der Waals surface area contributed by atoms with Gasteiger partial charge in [-0.1, -0.05) is 18.2 Å². The lowest BCUT2D eigenvalue weighted by Crippen LogP contribution is -2.60. The molecule has 152 valence electrons. The number of halogens is 1. The highest BCUT2D eigenvalue weighted by atomic mass is 19.1. The zero-order chi connectivity index (χ0) is 19.6. The first-order chi connectivity index (χ1) is 13.6. The standard InChI is InChI=1S/C22H30FN3O2/c1-3-26-12-20(17(2)24-26)11-25-15-22(16-25)10-18(13-28-22)8-9-27-14-19-6-4-5-7-21(19)23/h4-7,12,18H,3,8-11,13-16H2,1-2H3. The van der Waals surface area contributed by atoms with Crippen LogP contribution < -0.4 is 0 Å². The second-order valence-electron chi connectivity index (χ2n) is 8.24. The molecule has 4 rings (SSSR count). The molecule has 2 saturated heterocycles. The summed E-state index contributed by atoms with van der Waals surface area (Å²) in [7, 11) is 0. The van der Waals surface area contributed by atoms with E-state index in [2.05, 4.69) is 30.0 Å². The lowest BCUT2D eigenvalue weighted by Gasteiger charge is -2.47. The van der Waals surface area contributed by atoms with Crippen LogP contribution in [0.2, 0.25) is 0 Å². The van der Waals surface area contributed by atoms with E-state index in [0.717, 1.165) is 51.3 Å². The smallest absolute Gasteiger partial charge is 0.128 e. The van der Waals surface area contributed by atoms with Crippen LogP contribution >= 0.6 is 0 Å². The Morgan fingerprint density at radius 2 is 2.11 bits per heavy atom. The first-order valence-corrected chi connectivity index (χ1v) is 10.3. The number of hydrogen-bond donors (Lipinski definition) is 0.